The Kier molecular flexibility index (Phi) is 7.92. The second-order valence-corrected chi connectivity index (χ2v) is 6.55. The number of methoxy groups -OCH3 is 1. The molecule has 0 fully saturated rings. The van der Waals surface area contributed by atoms with Gasteiger partial charge >= 0.3 is 0 Å². The number of hydrogen-bond donors (Lipinski definition) is 3. The monoisotopic (exact) mass is 421 g/mol. The third-order valence-corrected chi connectivity index (χ3v) is 4.64. The fraction of sp³-hybridized carbons (Fsp3) is 0.333. The zero-order valence-electron chi connectivity index (χ0n) is 16.1. The molecule has 1 heterocycles. The van der Waals surface area contributed by atoms with Gasteiger partial charge in [-0.05, 0) is 30.6 Å². The van der Waals surface area contributed by atoms with Gasteiger partial charge in [0.15, 0.2) is 5.69 Å². The van der Waals surface area contributed by atoms with E-state index in [0.717, 1.165) is 11.5 Å². The van der Waals surface area contributed by atoms with Crippen molar-refractivity contribution in [1.29, 1.82) is 0 Å². The van der Waals surface area contributed by atoms with Crippen LogP contribution in [-0.4, -0.2) is 55.5 Å². The van der Waals surface area contributed by atoms with Crippen molar-refractivity contribution in [1.82, 2.24) is 9.69 Å². The van der Waals surface area contributed by atoms with Crippen LogP contribution in [0.1, 0.15) is 27.1 Å². The normalized spacial score (nSPS) is 10.4. The van der Waals surface area contributed by atoms with Crippen molar-refractivity contribution in [2.45, 2.75) is 6.92 Å². The number of anilines is 2. The summed E-state index contributed by atoms with van der Waals surface area (Å²) < 4.78 is 14.4. The lowest BCUT2D eigenvalue weighted by atomic mass is 10.2. The molecule has 0 atom stereocenters. The van der Waals surface area contributed by atoms with Gasteiger partial charge in [-0.1, -0.05) is 12.1 Å². The van der Waals surface area contributed by atoms with Crippen molar-refractivity contribution in [3.63, 3.8) is 0 Å². The number of nitrogens with two attached hydrogens (primary N) is 2. The minimum atomic E-state index is -0.837. The van der Waals surface area contributed by atoms with Crippen molar-refractivity contribution in [2.75, 3.05) is 44.0 Å². The van der Waals surface area contributed by atoms with E-state index < -0.39 is 17.7 Å². The van der Waals surface area contributed by atoms with E-state index in [2.05, 4.69) is 9.69 Å². The highest BCUT2D eigenvalue weighted by Crippen LogP contribution is 2.31. The second-order valence-electron chi connectivity index (χ2n) is 5.77. The summed E-state index contributed by atoms with van der Waals surface area (Å²) in [6, 6.07) is 6.80. The molecule has 0 aliphatic heterocycles. The smallest absolute Gasteiger partial charge is 0.272 e. The fourth-order valence-electron chi connectivity index (χ4n) is 2.47. The molecule has 11 heteroatoms. The van der Waals surface area contributed by atoms with Gasteiger partial charge in [-0.25, -0.2) is 0 Å². The Morgan fingerprint density at radius 2 is 2.00 bits per heavy atom. The quantitative estimate of drug-likeness (QED) is 0.476. The van der Waals surface area contributed by atoms with E-state index in [-0.39, 0.29) is 22.8 Å². The minimum Gasteiger partial charge on any atom is -0.492 e. The number of rotatable bonds is 10. The number of nitrogens with one attached hydrogen (secondary N) is 1. The SMILES string of the molecule is CCOc1ccccc1N(CC(=O)NCCOC)C(=O)c1snc(C(N)=O)c1N. The predicted molar refractivity (Wildman–Crippen MR) is 109 cm³/mol. The highest BCUT2D eigenvalue weighted by atomic mass is 32.1. The van der Waals surface area contributed by atoms with Crippen molar-refractivity contribution in [2.24, 2.45) is 5.73 Å². The van der Waals surface area contributed by atoms with E-state index in [1.807, 2.05) is 0 Å². The number of nitrogen functional groups attached to an aromatic ring is 1. The Morgan fingerprint density at radius 3 is 2.62 bits per heavy atom. The topological polar surface area (TPSA) is 150 Å². The lowest BCUT2D eigenvalue weighted by Gasteiger charge is -2.24. The number of amides is 3. The maximum atomic E-state index is 13.2. The number of benzene rings is 1. The fourth-order valence-corrected chi connectivity index (χ4v) is 3.22. The number of nitrogens with zero attached hydrogens (tertiary/aromatic N) is 2. The van der Waals surface area contributed by atoms with E-state index in [0.29, 0.717) is 31.2 Å². The van der Waals surface area contributed by atoms with Crippen LogP contribution in [0.4, 0.5) is 11.4 Å². The molecule has 0 spiro atoms. The molecular weight excluding hydrogens is 398 g/mol. The van der Waals surface area contributed by atoms with Crippen LogP contribution in [0.25, 0.3) is 0 Å². The summed E-state index contributed by atoms with van der Waals surface area (Å²) in [4.78, 5) is 38.3. The number of carbonyl (C=O) groups excluding carboxylic acids is 3. The van der Waals surface area contributed by atoms with Crippen LogP contribution < -0.4 is 26.4 Å². The van der Waals surface area contributed by atoms with Crippen molar-refractivity contribution in [3.05, 3.63) is 34.8 Å². The summed E-state index contributed by atoms with van der Waals surface area (Å²) >= 11 is 0.744. The summed E-state index contributed by atoms with van der Waals surface area (Å²) in [5.41, 5.74) is 11.2. The van der Waals surface area contributed by atoms with Crippen molar-refractivity contribution >= 4 is 40.6 Å². The highest BCUT2D eigenvalue weighted by Gasteiger charge is 2.28. The maximum Gasteiger partial charge on any atom is 0.272 e. The molecule has 29 heavy (non-hydrogen) atoms. The summed E-state index contributed by atoms with van der Waals surface area (Å²) in [6.07, 6.45) is 0. The highest BCUT2D eigenvalue weighted by molar-refractivity contribution is 7.09. The number of para-hydroxylation sites is 2. The molecule has 0 aliphatic rings. The molecule has 156 valence electrons. The first-order chi connectivity index (χ1) is 13.9. The predicted octanol–water partition coefficient (Wildman–Crippen LogP) is 0.632. The van der Waals surface area contributed by atoms with Gasteiger partial charge < -0.3 is 26.3 Å². The third-order valence-electron chi connectivity index (χ3n) is 3.79. The molecular formula is C18H23N5O5S. The second kappa shape index (κ2) is 10.4. The van der Waals surface area contributed by atoms with E-state index in [4.69, 9.17) is 20.9 Å². The van der Waals surface area contributed by atoms with Crippen LogP contribution in [0, 0.1) is 0 Å². The molecule has 2 aromatic rings. The van der Waals surface area contributed by atoms with E-state index in [1.165, 1.54) is 12.0 Å². The number of ether oxygens (including phenoxy) is 2. The first kappa shape index (κ1) is 22.1. The number of hydrogen-bond acceptors (Lipinski definition) is 8. The standard InChI is InChI=1S/C18H23N5O5S/c1-3-28-12-7-5-4-6-11(12)23(10-13(24)21-8-9-27-2)18(26)16-14(19)15(17(20)25)22-29-16/h4-7H,3,8-10,19H2,1-2H3,(H2,20,25)(H,21,24). The molecule has 2 rings (SSSR count). The van der Waals surface area contributed by atoms with Gasteiger partial charge in [0.2, 0.25) is 5.91 Å². The third kappa shape index (κ3) is 5.42. The average molecular weight is 421 g/mol. The Morgan fingerprint density at radius 1 is 1.28 bits per heavy atom. The molecule has 3 amide bonds. The van der Waals surface area contributed by atoms with Gasteiger partial charge in [-0.15, -0.1) is 0 Å². The van der Waals surface area contributed by atoms with Gasteiger partial charge in [0.25, 0.3) is 11.8 Å². The van der Waals surface area contributed by atoms with E-state index in [9.17, 15) is 14.4 Å². The average Bonchev–Trinajstić information content (AvgIpc) is 3.08. The molecule has 0 saturated carbocycles. The first-order valence-corrected chi connectivity index (χ1v) is 9.52. The minimum absolute atomic E-state index is 0.00907. The van der Waals surface area contributed by atoms with E-state index >= 15 is 0 Å². The Hall–Kier alpha value is -3.18. The first-order valence-electron chi connectivity index (χ1n) is 8.74. The molecule has 10 nitrogen and oxygen atoms in total. The summed E-state index contributed by atoms with van der Waals surface area (Å²) in [7, 11) is 1.52. The molecule has 5 N–H and O–H groups in total. The van der Waals surface area contributed by atoms with Crippen molar-refractivity contribution in [3.8, 4) is 5.75 Å². The lowest BCUT2D eigenvalue weighted by Crippen LogP contribution is -2.42. The molecule has 0 radical (unpaired) electrons. The Labute approximate surface area is 171 Å². The van der Waals surface area contributed by atoms with Crippen molar-refractivity contribution < 1.29 is 23.9 Å². The summed E-state index contributed by atoms with van der Waals surface area (Å²) in [5, 5.41) is 2.66. The van der Waals surface area contributed by atoms with Crippen LogP contribution in [0.15, 0.2) is 24.3 Å². The summed E-state index contributed by atoms with van der Waals surface area (Å²) in [6.45, 7) is 2.50. The van der Waals surface area contributed by atoms with Crippen LogP contribution in [0.5, 0.6) is 5.75 Å². The van der Waals surface area contributed by atoms with Gasteiger partial charge in [0.1, 0.15) is 17.2 Å². The lowest BCUT2D eigenvalue weighted by molar-refractivity contribution is -0.119. The molecule has 0 unspecified atom stereocenters. The molecule has 1 aromatic heterocycles. The van der Waals surface area contributed by atoms with E-state index in [1.54, 1.807) is 31.2 Å². The molecule has 0 aliphatic carbocycles. The zero-order valence-corrected chi connectivity index (χ0v) is 17.0. The van der Waals surface area contributed by atoms with Gasteiger partial charge in [0.05, 0.1) is 24.6 Å². The molecule has 1 aromatic carbocycles. The van der Waals surface area contributed by atoms with Gasteiger partial charge in [0, 0.05) is 13.7 Å². The van der Waals surface area contributed by atoms with Gasteiger partial charge in [-0.2, -0.15) is 4.37 Å². The Bertz CT molecular complexity index is 885. The number of aromatic nitrogens is 1. The van der Waals surface area contributed by atoms with Crippen LogP contribution in [0.3, 0.4) is 0 Å². The largest absolute Gasteiger partial charge is 0.492 e. The summed E-state index contributed by atoms with van der Waals surface area (Å²) in [5.74, 6) is -1.41. The van der Waals surface area contributed by atoms with Crippen LogP contribution in [0.2, 0.25) is 0 Å². The van der Waals surface area contributed by atoms with Crippen LogP contribution in [-0.2, 0) is 9.53 Å². The molecule has 0 saturated heterocycles. The maximum absolute atomic E-state index is 13.2. The zero-order chi connectivity index (χ0) is 21.4. The molecule has 0 bridgehead atoms. The Balaban J connectivity index is 2.40. The number of primary amides is 1. The van der Waals surface area contributed by atoms with Crippen LogP contribution >= 0.6 is 11.5 Å². The van der Waals surface area contributed by atoms with Gasteiger partial charge in [-0.3, -0.25) is 19.3 Å². The number of carbonyl (C=O) groups is 3.